The van der Waals surface area contributed by atoms with Crippen molar-refractivity contribution in [3.8, 4) is 11.5 Å². The van der Waals surface area contributed by atoms with Crippen LogP contribution >= 0.6 is 0 Å². The minimum Gasteiger partial charge on any atom is -0.457 e. The maximum Gasteiger partial charge on any atom is 0.191 e. The van der Waals surface area contributed by atoms with Crippen molar-refractivity contribution in [2.45, 2.75) is 33.5 Å². The summed E-state index contributed by atoms with van der Waals surface area (Å²) in [5.41, 5.74) is 2.20. The van der Waals surface area contributed by atoms with Crippen molar-refractivity contribution in [3.05, 3.63) is 71.8 Å². The predicted octanol–water partition coefficient (Wildman–Crippen LogP) is 3.26. The van der Waals surface area contributed by atoms with Gasteiger partial charge in [0.15, 0.2) is 11.8 Å². The summed E-state index contributed by atoms with van der Waals surface area (Å²) in [6, 6.07) is 16.0. The lowest BCUT2D eigenvalue weighted by Gasteiger charge is -2.15. The highest BCUT2D eigenvalue weighted by Gasteiger charge is 2.08. The Hall–Kier alpha value is -3.35. The fraction of sp³-hybridized carbons (Fsp3) is 0.286. The first-order valence-electron chi connectivity index (χ1n) is 9.33. The first-order valence-corrected chi connectivity index (χ1v) is 9.33. The molecule has 0 atom stereocenters. The lowest BCUT2D eigenvalue weighted by molar-refractivity contribution is 0.474. The quantitative estimate of drug-likeness (QED) is 0.487. The van der Waals surface area contributed by atoms with E-state index in [1.165, 1.54) is 0 Å². The molecule has 0 aliphatic carbocycles. The van der Waals surface area contributed by atoms with E-state index in [0.29, 0.717) is 19.0 Å². The second kappa shape index (κ2) is 9.55. The number of nitrogens with zero attached hydrogens (tertiary/aromatic N) is 4. The Labute approximate surface area is 165 Å². The Bertz CT molecular complexity index is 920. The largest absolute Gasteiger partial charge is 0.457 e. The van der Waals surface area contributed by atoms with Crippen LogP contribution < -0.4 is 15.4 Å². The van der Waals surface area contributed by atoms with Crippen LogP contribution in [0.5, 0.6) is 11.5 Å². The number of para-hydroxylation sites is 1. The Morgan fingerprint density at radius 3 is 2.64 bits per heavy atom. The SMILES string of the molecule is CCn1cnnc1CNC(=NC)NCc1ccc(C)cc1Oc1ccccc1. The Kier molecular flexibility index (Phi) is 6.62. The number of aryl methyl sites for hydroxylation is 2. The number of ether oxygens (including phenoxy) is 1. The number of hydrogen-bond acceptors (Lipinski definition) is 4. The van der Waals surface area contributed by atoms with Crippen LogP contribution in [0.2, 0.25) is 0 Å². The zero-order chi connectivity index (χ0) is 19.8. The third-order valence-electron chi connectivity index (χ3n) is 4.31. The minimum atomic E-state index is 0.550. The Morgan fingerprint density at radius 2 is 1.89 bits per heavy atom. The van der Waals surface area contributed by atoms with E-state index in [4.69, 9.17) is 4.74 Å². The molecule has 0 aliphatic heterocycles. The van der Waals surface area contributed by atoms with Crippen molar-refractivity contribution in [3.63, 3.8) is 0 Å². The third kappa shape index (κ3) is 5.09. The summed E-state index contributed by atoms with van der Waals surface area (Å²) in [4.78, 5) is 4.29. The molecule has 146 valence electrons. The van der Waals surface area contributed by atoms with Gasteiger partial charge in [0.05, 0.1) is 6.54 Å². The van der Waals surface area contributed by atoms with Crippen molar-refractivity contribution in [2.75, 3.05) is 7.05 Å². The molecule has 28 heavy (non-hydrogen) atoms. The monoisotopic (exact) mass is 378 g/mol. The van der Waals surface area contributed by atoms with Crippen LogP contribution in [0.4, 0.5) is 0 Å². The number of aliphatic imine (C=N–C) groups is 1. The molecule has 3 rings (SSSR count). The fourth-order valence-corrected chi connectivity index (χ4v) is 2.76. The number of aromatic nitrogens is 3. The van der Waals surface area contributed by atoms with E-state index < -0.39 is 0 Å². The zero-order valence-corrected chi connectivity index (χ0v) is 16.5. The molecule has 0 aliphatic rings. The van der Waals surface area contributed by atoms with Crippen molar-refractivity contribution in [1.82, 2.24) is 25.4 Å². The molecular weight excluding hydrogens is 352 g/mol. The molecule has 0 radical (unpaired) electrons. The fourth-order valence-electron chi connectivity index (χ4n) is 2.76. The van der Waals surface area contributed by atoms with Gasteiger partial charge in [-0.2, -0.15) is 0 Å². The van der Waals surface area contributed by atoms with Crippen LogP contribution in [0.15, 0.2) is 59.9 Å². The standard InChI is InChI=1S/C21H26N6O/c1-4-27-15-25-26-20(27)14-24-21(22-3)23-13-17-11-10-16(2)12-19(17)28-18-8-6-5-7-9-18/h5-12,15H,4,13-14H2,1-3H3,(H2,22,23,24). The molecule has 1 heterocycles. The second-order valence-corrected chi connectivity index (χ2v) is 6.34. The topological polar surface area (TPSA) is 76.4 Å². The van der Waals surface area contributed by atoms with Gasteiger partial charge in [-0.05, 0) is 37.6 Å². The molecule has 7 heteroatoms. The minimum absolute atomic E-state index is 0.550. The van der Waals surface area contributed by atoms with E-state index in [1.54, 1.807) is 13.4 Å². The number of hydrogen-bond donors (Lipinski definition) is 2. The van der Waals surface area contributed by atoms with Crippen molar-refractivity contribution in [1.29, 1.82) is 0 Å². The van der Waals surface area contributed by atoms with E-state index in [0.717, 1.165) is 35.0 Å². The molecule has 3 aromatic rings. The molecule has 0 saturated heterocycles. The van der Waals surface area contributed by atoms with E-state index in [9.17, 15) is 0 Å². The molecule has 0 amide bonds. The van der Waals surface area contributed by atoms with Crippen LogP contribution in [0.3, 0.4) is 0 Å². The maximum absolute atomic E-state index is 6.08. The first-order chi connectivity index (χ1) is 13.7. The molecule has 0 unspecified atom stereocenters. The molecular formula is C21H26N6O. The highest BCUT2D eigenvalue weighted by molar-refractivity contribution is 5.79. The third-order valence-corrected chi connectivity index (χ3v) is 4.31. The summed E-state index contributed by atoms with van der Waals surface area (Å²) in [5, 5.41) is 14.7. The van der Waals surface area contributed by atoms with Crippen molar-refractivity contribution in [2.24, 2.45) is 4.99 Å². The van der Waals surface area contributed by atoms with Gasteiger partial charge in [0.2, 0.25) is 0 Å². The van der Waals surface area contributed by atoms with Crippen molar-refractivity contribution < 1.29 is 4.74 Å². The molecule has 7 nitrogen and oxygen atoms in total. The van der Waals surface area contributed by atoms with Crippen LogP contribution in [-0.4, -0.2) is 27.8 Å². The Morgan fingerprint density at radius 1 is 1.11 bits per heavy atom. The van der Waals surface area contributed by atoms with Crippen LogP contribution in [0.25, 0.3) is 0 Å². The molecule has 0 bridgehead atoms. The molecule has 0 fully saturated rings. The smallest absolute Gasteiger partial charge is 0.191 e. The van der Waals surface area contributed by atoms with E-state index in [1.807, 2.05) is 41.0 Å². The van der Waals surface area contributed by atoms with Crippen molar-refractivity contribution >= 4 is 5.96 Å². The van der Waals surface area contributed by atoms with Crippen LogP contribution in [0.1, 0.15) is 23.9 Å². The molecule has 0 spiro atoms. The maximum atomic E-state index is 6.08. The van der Waals surface area contributed by atoms with Gasteiger partial charge >= 0.3 is 0 Å². The van der Waals surface area contributed by atoms with Crippen LogP contribution in [0, 0.1) is 6.92 Å². The van der Waals surface area contributed by atoms with E-state index in [-0.39, 0.29) is 0 Å². The van der Waals surface area contributed by atoms with Gasteiger partial charge in [0, 0.05) is 25.7 Å². The summed E-state index contributed by atoms with van der Waals surface area (Å²) in [5.74, 6) is 3.21. The van der Waals surface area contributed by atoms with Gasteiger partial charge in [-0.1, -0.05) is 30.3 Å². The predicted molar refractivity (Wildman–Crippen MR) is 110 cm³/mol. The van der Waals surface area contributed by atoms with Gasteiger partial charge in [0.25, 0.3) is 0 Å². The molecule has 1 aromatic heterocycles. The second-order valence-electron chi connectivity index (χ2n) is 6.34. The normalized spacial score (nSPS) is 11.3. The van der Waals surface area contributed by atoms with Crippen LogP contribution in [-0.2, 0) is 19.6 Å². The summed E-state index contributed by atoms with van der Waals surface area (Å²) < 4.78 is 8.08. The van der Waals surface area contributed by atoms with Gasteiger partial charge in [-0.3, -0.25) is 4.99 Å². The van der Waals surface area contributed by atoms with Gasteiger partial charge in [-0.25, -0.2) is 0 Å². The Balaban J connectivity index is 1.64. The zero-order valence-electron chi connectivity index (χ0n) is 16.5. The highest BCUT2D eigenvalue weighted by Crippen LogP contribution is 2.26. The first kappa shape index (κ1) is 19.4. The average Bonchev–Trinajstić information content (AvgIpc) is 3.18. The highest BCUT2D eigenvalue weighted by atomic mass is 16.5. The van der Waals surface area contributed by atoms with E-state index >= 15 is 0 Å². The lowest BCUT2D eigenvalue weighted by Crippen LogP contribution is -2.37. The van der Waals surface area contributed by atoms with E-state index in [2.05, 4.69) is 51.8 Å². The number of benzene rings is 2. The molecule has 2 aromatic carbocycles. The number of rotatable bonds is 7. The molecule has 0 saturated carbocycles. The summed E-state index contributed by atoms with van der Waals surface area (Å²) >= 11 is 0. The summed E-state index contributed by atoms with van der Waals surface area (Å²) in [6.45, 7) is 6.09. The number of nitrogens with one attached hydrogen (secondary N) is 2. The van der Waals surface area contributed by atoms with Gasteiger partial charge in [0.1, 0.15) is 17.8 Å². The number of guanidine groups is 1. The lowest BCUT2D eigenvalue weighted by atomic mass is 10.1. The van der Waals surface area contributed by atoms with Gasteiger partial charge < -0.3 is 19.9 Å². The van der Waals surface area contributed by atoms with Gasteiger partial charge in [-0.15, -0.1) is 10.2 Å². The summed E-state index contributed by atoms with van der Waals surface area (Å²) in [6.07, 6.45) is 1.73. The average molecular weight is 378 g/mol. The molecule has 2 N–H and O–H groups in total. The summed E-state index contributed by atoms with van der Waals surface area (Å²) in [7, 11) is 1.75.